The topological polar surface area (TPSA) is 45.7 Å². The molecule has 3 rings (SSSR count). The van der Waals surface area contributed by atoms with Crippen LogP contribution in [0.3, 0.4) is 0 Å². The summed E-state index contributed by atoms with van der Waals surface area (Å²) >= 11 is 5.00. The molecule has 0 aliphatic carbocycles. The maximum atomic E-state index is 13.3. The first kappa shape index (κ1) is 19.8. The van der Waals surface area contributed by atoms with E-state index in [1.54, 1.807) is 12.0 Å². The first-order valence-electron chi connectivity index (χ1n) is 8.66. The van der Waals surface area contributed by atoms with E-state index in [0.29, 0.717) is 17.2 Å². The van der Waals surface area contributed by atoms with E-state index < -0.39 is 0 Å². The van der Waals surface area contributed by atoms with E-state index in [0.717, 1.165) is 33.4 Å². The number of carbonyl (C=O) groups excluding carboxylic acids is 1. The number of aromatic nitrogens is 1. The van der Waals surface area contributed by atoms with Crippen molar-refractivity contribution in [3.05, 3.63) is 52.5 Å². The number of anilines is 1. The monoisotopic (exact) mass is 447 g/mol. The van der Waals surface area contributed by atoms with Crippen molar-refractivity contribution < 1.29 is 9.53 Å². The van der Waals surface area contributed by atoms with Gasteiger partial charge in [0.25, 0.3) is 5.91 Å². The fraction of sp³-hybridized carbons (Fsp3) is 0.300. The van der Waals surface area contributed by atoms with Crippen LogP contribution in [0.25, 0.3) is 10.2 Å². The number of amides is 1. The third-order valence-corrected chi connectivity index (χ3v) is 5.89. The normalized spacial score (nSPS) is 11.1. The summed E-state index contributed by atoms with van der Waals surface area (Å²) in [7, 11) is 5.69. The molecule has 0 aliphatic heterocycles. The second-order valence-corrected chi connectivity index (χ2v) is 8.26. The summed E-state index contributed by atoms with van der Waals surface area (Å²) in [6, 6.07) is 13.3. The van der Waals surface area contributed by atoms with Crippen LogP contribution in [0.15, 0.2) is 46.9 Å². The summed E-state index contributed by atoms with van der Waals surface area (Å²) in [5.74, 6) is 0.663. The number of carbonyl (C=O) groups is 1. The van der Waals surface area contributed by atoms with Gasteiger partial charge < -0.3 is 9.64 Å². The summed E-state index contributed by atoms with van der Waals surface area (Å²) in [5.41, 5.74) is 1.42. The number of para-hydroxylation sites is 1. The van der Waals surface area contributed by atoms with E-state index in [1.165, 1.54) is 11.3 Å². The summed E-state index contributed by atoms with van der Waals surface area (Å²) in [5, 5.41) is 0.689. The third kappa shape index (κ3) is 4.48. The Morgan fingerprint density at radius 1 is 1.15 bits per heavy atom. The third-order valence-electron chi connectivity index (χ3n) is 4.16. The molecule has 142 valence electrons. The number of nitrogens with zero attached hydrogens (tertiary/aromatic N) is 3. The van der Waals surface area contributed by atoms with Crippen LogP contribution < -0.4 is 9.64 Å². The summed E-state index contributed by atoms with van der Waals surface area (Å²) in [4.78, 5) is 21.9. The Labute approximate surface area is 171 Å². The number of halogens is 1. The highest BCUT2D eigenvalue weighted by Crippen LogP contribution is 2.35. The molecular weight excluding hydrogens is 426 g/mol. The minimum atomic E-state index is -0.0562. The molecule has 3 aromatic rings. The number of hydrogen-bond acceptors (Lipinski definition) is 5. The van der Waals surface area contributed by atoms with Gasteiger partial charge in [-0.2, -0.15) is 0 Å². The summed E-state index contributed by atoms with van der Waals surface area (Å²) in [6.45, 7) is 1.49. The average molecular weight is 448 g/mol. The standard InChI is InChI=1S/C20H22BrN3O2S/c1-23(2)12-7-13-24(19(25)14-8-4-5-9-15(14)21)20-22-18-16(26-3)10-6-11-17(18)27-20/h4-6,8-11H,7,12-13H2,1-3H3. The molecule has 0 bridgehead atoms. The van der Waals surface area contributed by atoms with E-state index in [4.69, 9.17) is 9.72 Å². The van der Waals surface area contributed by atoms with E-state index in [2.05, 4.69) is 20.8 Å². The Morgan fingerprint density at radius 2 is 1.93 bits per heavy atom. The molecule has 27 heavy (non-hydrogen) atoms. The van der Waals surface area contributed by atoms with E-state index >= 15 is 0 Å². The van der Waals surface area contributed by atoms with Crippen LogP contribution in [-0.4, -0.2) is 50.1 Å². The molecule has 0 unspecified atom stereocenters. The molecule has 5 nitrogen and oxygen atoms in total. The predicted molar refractivity (Wildman–Crippen MR) is 115 cm³/mol. The van der Waals surface area contributed by atoms with Gasteiger partial charge in [-0.05, 0) is 67.3 Å². The molecule has 7 heteroatoms. The lowest BCUT2D eigenvalue weighted by Crippen LogP contribution is -2.33. The van der Waals surface area contributed by atoms with Crippen LogP contribution >= 0.6 is 27.3 Å². The van der Waals surface area contributed by atoms with Gasteiger partial charge in [-0.1, -0.05) is 29.5 Å². The van der Waals surface area contributed by atoms with Gasteiger partial charge in [0.1, 0.15) is 11.3 Å². The lowest BCUT2D eigenvalue weighted by Gasteiger charge is -2.21. The summed E-state index contributed by atoms with van der Waals surface area (Å²) in [6.07, 6.45) is 0.857. The maximum absolute atomic E-state index is 13.3. The quantitative estimate of drug-likeness (QED) is 0.527. The predicted octanol–water partition coefficient (Wildman–Crippen LogP) is 4.67. The number of benzene rings is 2. The van der Waals surface area contributed by atoms with Crippen molar-refractivity contribution in [3.63, 3.8) is 0 Å². The molecule has 0 spiro atoms. The fourth-order valence-electron chi connectivity index (χ4n) is 2.80. The summed E-state index contributed by atoms with van der Waals surface area (Å²) < 4.78 is 7.21. The van der Waals surface area contributed by atoms with Gasteiger partial charge in [-0.3, -0.25) is 9.69 Å². The molecule has 0 saturated heterocycles. The Kier molecular flexibility index (Phi) is 6.46. The highest BCUT2D eigenvalue weighted by molar-refractivity contribution is 9.10. The van der Waals surface area contributed by atoms with E-state index in [9.17, 15) is 4.79 Å². The van der Waals surface area contributed by atoms with E-state index in [-0.39, 0.29) is 5.91 Å². The minimum absolute atomic E-state index is 0.0562. The molecule has 0 N–H and O–H groups in total. The molecule has 0 atom stereocenters. The fourth-order valence-corrected chi connectivity index (χ4v) is 4.26. The van der Waals surface area contributed by atoms with Crippen LogP contribution in [0.2, 0.25) is 0 Å². The lowest BCUT2D eigenvalue weighted by atomic mass is 10.2. The zero-order chi connectivity index (χ0) is 19.4. The molecule has 0 aliphatic rings. The molecule has 1 amide bonds. The van der Waals surface area contributed by atoms with Crippen molar-refractivity contribution in [1.82, 2.24) is 9.88 Å². The van der Waals surface area contributed by atoms with Crippen LogP contribution in [0.1, 0.15) is 16.8 Å². The second kappa shape index (κ2) is 8.82. The van der Waals surface area contributed by atoms with Crippen molar-refractivity contribution in [3.8, 4) is 5.75 Å². The van der Waals surface area contributed by atoms with Gasteiger partial charge in [0.2, 0.25) is 0 Å². The minimum Gasteiger partial charge on any atom is -0.494 e. The molecule has 1 aromatic heterocycles. The van der Waals surface area contributed by atoms with Gasteiger partial charge >= 0.3 is 0 Å². The lowest BCUT2D eigenvalue weighted by molar-refractivity contribution is 0.0985. The number of methoxy groups -OCH3 is 1. The Hall–Kier alpha value is -1.96. The first-order valence-corrected chi connectivity index (χ1v) is 10.3. The Bertz CT molecular complexity index is 942. The molecule has 2 aromatic carbocycles. The van der Waals surface area contributed by atoms with Crippen molar-refractivity contribution in [2.24, 2.45) is 0 Å². The van der Waals surface area contributed by atoms with Crippen LogP contribution in [0, 0.1) is 0 Å². The van der Waals surface area contributed by atoms with Gasteiger partial charge in [0.05, 0.1) is 17.4 Å². The van der Waals surface area contributed by atoms with Gasteiger partial charge in [-0.25, -0.2) is 4.98 Å². The molecular formula is C20H22BrN3O2S. The maximum Gasteiger partial charge on any atom is 0.261 e. The van der Waals surface area contributed by atoms with Gasteiger partial charge in [0, 0.05) is 11.0 Å². The zero-order valence-electron chi connectivity index (χ0n) is 15.6. The number of hydrogen-bond donors (Lipinski definition) is 0. The smallest absolute Gasteiger partial charge is 0.261 e. The van der Waals surface area contributed by atoms with Crippen LogP contribution in [0.4, 0.5) is 5.13 Å². The first-order chi connectivity index (χ1) is 13.0. The number of ether oxygens (including phenoxy) is 1. The molecule has 0 saturated carbocycles. The Balaban J connectivity index is 1.99. The SMILES string of the molecule is COc1cccc2sc(N(CCCN(C)C)C(=O)c3ccccc3Br)nc12. The van der Waals surface area contributed by atoms with Crippen LogP contribution in [0.5, 0.6) is 5.75 Å². The Morgan fingerprint density at radius 3 is 2.63 bits per heavy atom. The molecule has 0 radical (unpaired) electrons. The average Bonchev–Trinajstić information content (AvgIpc) is 3.08. The van der Waals surface area contributed by atoms with Crippen molar-refractivity contribution in [1.29, 1.82) is 0 Å². The van der Waals surface area contributed by atoms with Crippen LogP contribution in [-0.2, 0) is 0 Å². The highest BCUT2D eigenvalue weighted by atomic mass is 79.9. The number of rotatable bonds is 7. The molecule has 1 heterocycles. The van der Waals surface area contributed by atoms with E-state index in [1.807, 2.05) is 56.6 Å². The number of thiazole rings is 1. The van der Waals surface area contributed by atoms with Gasteiger partial charge in [0.15, 0.2) is 5.13 Å². The van der Waals surface area contributed by atoms with Crippen molar-refractivity contribution in [2.45, 2.75) is 6.42 Å². The van der Waals surface area contributed by atoms with Crippen molar-refractivity contribution >= 4 is 48.5 Å². The second-order valence-electron chi connectivity index (χ2n) is 6.40. The van der Waals surface area contributed by atoms with Crippen molar-refractivity contribution in [2.75, 3.05) is 39.2 Å². The molecule has 0 fully saturated rings. The zero-order valence-corrected chi connectivity index (χ0v) is 18.0. The number of fused-ring (bicyclic) bond motifs is 1. The van der Waals surface area contributed by atoms with Gasteiger partial charge in [-0.15, -0.1) is 0 Å². The highest BCUT2D eigenvalue weighted by Gasteiger charge is 2.23. The largest absolute Gasteiger partial charge is 0.494 e.